The zero-order valence-electron chi connectivity index (χ0n) is 9.13. The number of nitrogens with two attached hydrogens (primary N) is 2. The van der Waals surface area contributed by atoms with E-state index in [1.165, 1.54) is 0 Å². The van der Waals surface area contributed by atoms with E-state index in [9.17, 15) is 39.5 Å². The Kier molecular flexibility index (Phi) is 3.53. The summed E-state index contributed by atoms with van der Waals surface area (Å²) < 4.78 is 113. The van der Waals surface area contributed by atoms with Crippen molar-refractivity contribution in [1.82, 2.24) is 0 Å². The van der Waals surface area contributed by atoms with Crippen molar-refractivity contribution in [1.29, 1.82) is 0 Å². The average Bonchev–Trinajstić information content (AvgIpc) is 2.14. The summed E-state index contributed by atoms with van der Waals surface area (Å²) in [4.78, 5) is 0. The molecule has 0 amide bonds. The number of hydrogen-bond acceptors (Lipinski definition) is 2. The van der Waals surface area contributed by atoms with Crippen LogP contribution in [-0.4, -0.2) is 0 Å². The minimum atomic E-state index is -5.75. The summed E-state index contributed by atoms with van der Waals surface area (Å²) in [7, 11) is 0. The van der Waals surface area contributed by atoms with Gasteiger partial charge in [-0.05, 0) is 6.07 Å². The third-order valence-electron chi connectivity index (χ3n) is 2.27. The van der Waals surface area contributed by atoms with Crippen LogP contribution in [0.2, 0.25) is 0 Å². The van der Waals surface area contributed by atoms with Gasteiger partial charge in [0.2, 0.25) is 0 Å². The summed E-state index contributed by atoms with van der Waals surface area (Å²) in [5.74, 6) is 0. The van der Waals surface area contributed by atoms with E-state index in [1.54, 1.807) is 0 Å². The van der Waals surface area contributed by atoms with Gasteiger partial charge in [0.15, 0.2) is 0 Å². The zero-order chi connectivity index (χ0) is 16.1. The number of anilines is 2. The van der Waals surface area contributed by atoms with E-state index in [0.29, 0.717) is 0 Å². The summed E-state index contributed by atoms with van der Waals surface area (Å²) in [6, 6.07) is -0.270. The molecule has 20 heavy (non-hydrogen) atoms. The van der Waals surface area contributed by atoms with Crippen LogP contribution in [0.4, 0.5) is 50.9 Å². The van der Waals surface area contributed by atoms with Crippen LogP contribution in [0.5, 0.6) is 0 Å². The van der Waals surface area contributed by atoms with Gasteiger partial charge in [-0.25, -0.2) is 0 Å². The Morgan fingerprint density at radius 2 is 1.05 bits per heavy atom. The number of halogens is 9. The van der Waals surface area contributed by atoms with E-state index in [1.807, 2.05) is 0 Å². The van der Waals surface area contributed by atoms with Crippen LogP contribution < -0.4 is 11.5 Å². The fraction of sp³-hybridized carbons (Fsp3) is 0.333. The third-order valence-corrected chi connectivity index (χ3v) is 2.27. The highest BCUT2D eigenvalue weighted by atomic mass is 19.4. The highest BCUT2D eigenvalue weighted by Crippen LogP contribution is 2.49. The van der Waals surface area contributed by atoms with Crippen molar-refractivity contribution in [2.24, 2.45) is 0 Å². The second kappa shape index (κ2) is 4.35. The van der Waals surface area contributed by atoms with E-state index in [2.05, 4.69) is 5.73 Å². The van der Waals surface area contributed by atoms with Gasteiger partial charge >= 0.3 is 18.5 Å². The second-order valence-electron chi connectivity index (χ2n) is 3.67. The van der Waals surface area contributed by atoms with E-state index >= 15 is 0 Å². The van der Waals surface area contributed by atoms with Crippen molar-refractivity contribution in [3.05, 3.63) is 22.8 Å². The quantitative estimate of drug-likeness (QED) is 0.564. The lowest BCUT2D eigenvalue weighted by atomic mass is 9.97. The number of benzene rings is 1. The standard InChI is InChI=1S/C9H5F9N2/c10-7(11,12)2-1-3(19)4(8(13,14)15)5(6(2)20)9(16,17)18/h1H,19-20H2. The molecule has 0 aromatic heterocycles. The molecule has 11 heteroatoms. The van der Waals surface area contributed by atoms with Gasteiger partial charge in [0.25, 0.3) is 0 Å². The van der Waals surface area contributed by atoms with E-state index < -0.39 is 46.6 Å². The first kappa shape index (κ1) is 16.2. The largest absolute Gasteiger partial charge is 0.419 e. The molecule has 0 aliphatic carbocycles. The minimum Gasteiger partial charge on any atom is -0.398 e. The van der Waals surface area contributed by atoms with Crippen LogP contribution in [-0.2, 0) is 18.5 Å². The molecule has 0 radical (unpaired) electrons. The maximum absolute atomic E-state index is 12.6. The molecule has 0 saturated carbocycles. The second-order valence-corrected chi connectivity index (χ2v) is 3.67. The average molecular weight is 312 g/mol. The molecule has 0 heterocycles. The molecule has 0 atom stereocenters. The Hall–Kier alpha value is -1.81. The molecule has 0 unspecified atom stereocenters. The van der Waals surface area contributed by atoms with Crippen molar-refractivity contribution in [2.45, 2.75) is 18.5 Å². The third kappa shape index (κ3) is 2.85. The Morgan fingerprint density at radius 3 is 1.35 bits per heavy atom. The topological polar surface area (TPSA) is 52.0 Å². The van der Waals surface area contributed by atoms with Gasteiger partial charge in [-0.1, -0.05) is 0 Å². The molecule has 1 aromatic carbocycles. The van der Waals surface area contributed by atoms with E-state index in [4.69, 9.17) is 5.73 Å². The van der Waals surface area contributed by atoms with Gasteiger partial charge in [0, 0.05) is 5.69 Å². The Bertz CT molecular complexity index is 524. The lowest BCUT2D eigenvalue weighted by Gasteiger charge is -2.22. The van der Waals surface area contributed by atoms with Crippen LogP contribution >= 0.6 is 0 Å². The predicted molar refractivity (Wildman–Crippen MR) is 50.3 cm³/mol. The Balaban J connectivity index is 3.88. The van der Waals surface area contributed by atoms with Crippen LogP contribution in [0.1, 0.15) is 16.7 Å². The molecule has 0 aliphatic rings. The summed E-state index contributed by atoms with van der Waals surface area (Å²) >= 11 is 0. The molecule has 1 aromatic rings. The lowest BCUT2D eigenvalue weighted by molar-refractivity contribution is -0.162. The fourth-order valence-corrected chi connectivity index (χ4v) is 1.55. The lowest BCUT2D eigenvalue weighted by Crippen LogP contribution is -2.23. The summed E-state index contributed by atoms with van der Waals surface area (Å²) in [6.07, 6.45) is -16.7. The monoisotopic (exact) mass is 312 g/mol. The molecule has 1 rings (SSSR count). The SMILES string of the molecule is Nc1cc(C(F)(F)F)c(N)c(C(F)(F)F)c1C(F)(F)F. The van der Waals surface area contributed by atoms with E-state index in [0.717, 1.165) is 0 Å². The first-order chi connectivity index (χ1) is 8.67. The first-order valence-electron chi connectivity index (χ1n) is 4.61. The highest BCUT2D eigenvalue weighted by Gasteiger charge is 2.49. The summed E-state index contributed by atoms with van der Waals surface area (Å²) in [5, 5.41) is 0. The maximum Gasteiger partial charge on any atom is 0.419 e. The molecule has 0 fully saturated rings. The number of alkyl halides is 9. The molecule has 2 nitrogen and oxygen atoms in total. The van der Waals surface area contributed by atoms with Crippen LogP contribution in [0.25, 0.3) is 0 Å². The molecule has 114 valence electrons. The van der Waals surface area contributed by atoms with Gasteiger partial charge in [0.05, 0.1) is 22.4 Å². The molecule has 0 bridgehead atoms. The maximum atomic E-state index is 12.6. The predicted octanol–water partition coefficient (Wildman–Crippen LogP) is 3.91. The van der Waals surface area contributed by atoms with Crippen molar-refractivity contribution < 1.29 is 39.5 Å². The van der Waals surface area contributed by atoms with Gasteiger partial charge in [-0.3, -0.25) is 0 Å². The summed E-state index contributed by atoms with van der Waals surface area (Å²) in [5.41, 5.74) is -1.59. The van der Waals surface area contributed by atoms with Gasteiger partial charge in [-0.2, -0.15) is 39.5 Å². The van der Waals surface area contributed by atoms with Gasteiger partial charge in [-0.15, -0.1) is 0 Å². The van der Waals surface area contributed by atoms with Crippen molar-refractivity contribution in [3.63, 3.8) is 0 Å². The van der Waals surface area contributed by atoms with Crippen LogP contribution in [0.15, 0.2) is 6.07 Å². The van der Waals surface area contributed by atoms with Crippen molar-refractivity contribution in [2.75, 3.05) is 11.5 Å². The number of nitrogen functional groups attached to an aromatic ring is 2. The van der Waals surface area contributed by atoms with Crippen LogP contribution in [0, 0.1) is 0 Å². The molecular formula is C9H5F9N2. The van der Waals surface area contributed by atoms with Gasteiger partial charge < -0.3 is 11.5 Å². The molecule has 0 saturated heterocycles. The normalized spacial score (nSPS) is 13.7. The Labute approximate surface area is 105 Å². The highest BCUT2D eigenvalue weighted by molar-refractivity contribution is 5.69. The van der Waals surface area contributed by atoms with Gasteiger partial charge in [0.1, 0.15) is 0 Å². The molecular weight excluding hydrogens is 307 g/mol. The van der Waals surface area contributed by atoms with Crippen molar-refractivity contribution >= 4 is 11.4 Å². The smallest absolute Gasteiger partial charge is 0.398 e. The number of hydrogen-bond donors (Lipinski definition) is 2. The zero-order valence-corrected chi connectivity index (χ0v) is 9.13. The number of rotatable bonds is 0. The molecule has 4 N–H and O–H groups in total. The molecule has 0 aliphatic heterocycles. The first-order valence-corrected chi connectivity index (χ1v) is 4.61. The van der Waals surface area contributed by atoms with Crippen molar-refractivity contribution in [3.8, 4) is 0 Å². The summed E-state index contributed by atoms with van der Waals surface area (Å²) in [6.45, 7) is 0. The molecule has 0 spiro atoms. The Morgan fingerprint density at radius 1 is 0.650 bits per heavy atom. The fourth-order valence-electron chi connectivity index (χ4n) is 1.55. The minimum absolute atomic E-state index is 0.270. The van der Waals surface area contributed by atoms with E-state index in [-0.39, 0.29) is 6.07 Å². The van der Waals surface area contributed by atoms with Crippen LogP contribution in [0.3, 0.4) is 0 Å².